The molecule has 0 saturated heterocycles. The zero-order chi connectivity index (χ0) is 11.2. The fraction of sp³-hybridized carbons (Fsp3) is 0.0667. The molecule has 0 aromatic heterocycles. The van der Waals surface area contributed by atoms with Gasteiger partial charge in [0.1, 0.15) is 0 Å². The van der Waals surface area contributed by atoms with Crippen LogP contribution in [0.4, 0.5) is 5.69 Å². The Morgan fingerprint density at radius 3 is 2.62 bits per heavy atom. The van der Waals surface area contributed by atoms with Gasteiger partial charge in [-0.15, -0.1) is 0 Å². The summed E-state index contributed by atoms with van der Waals surface area (Å²) < 4.78 is 0. The fourth-order valence-corrected chi connectivity index (χ4v) is 1.55. The summed E-state index contributed by atoms with van der Waals surface area (Å²) in [4.78, 5) is 2.19. The van der Waals surface area contributed by atoms with Gasteiger partial charge in [0.15, 0.2) is 0 Å². The zero-order valence-electron chi connectivity index (χ0n) is 9.21. The van der Waals surface area contributed by atoms with Crippen molar-refractivity contribution in [3.8, 4) is 0 Å². The Morgan fingerprint density at radius 2 is 1.81 bits per heavy atom. The molecule has 0 unspecified atom stereocenters. The molecule has 1 aromatic carbocycles. The molecule has 1 nitrogen and oxygen atoms in total. The Kier molecular flexibility index (Phi) is 3.39. The summed E-state index contributed by atoms with van der Waals surface area (Å²) in [6.45, 7) is 4.82. The number of nitrogens with zero attached hydrogens (tertiary/aromatic N) is 1. The molecule has 1 heteroatoms. The molecule has 0 aliphatic carbocycles. The minimum atomic E-state index is 0.873. The highest BCUT2D eigenvalue weighted by atomic mass is 15.1. The molecule has 0 saturated carbocycles. The molecule has 1 heterocycles. The van der Waals surface area contributed by atoms with Gasteiger partial charge in [-0.05, 0) is 23.8 Å². The average molecular weight is 209 g/mol. The number of anilines is 1. The molecule has 1 aromatic rings. The van der Waals surface area contributed by atoms with Crippen LogP contribution in [0.3, 0.4) is 0 Å². The second-order valence-corrected chi connectivity index (χ2v) is 3.67. The maximum absolute atomic E-state index is 3.95. The molecule has 0 spiro atoms. The third-order valence-corrected chi connectivity index (χ3v) is 2.42. The van der Waals surface area contributed by atoms with E-state index in [1.165, 1.54) is 5.69 Å². The molecular weight excluding hydrogens is 194 g/mol. The van der Waals surface area contributed by atoms with E-state index in [0.717, 1.165) is 12.1 Å². The van der Waals surface area contributed by atoms with Crippen LogP contribution in [0.2, 0.25) is 0 Å². The van der Waals surface area contributed by atoms with Crippen molar-refractivity contribution in [3.63, 3.8) is 0 Å². The lowest BCUT2D eigenvalue weighted by atomic mass is 10.2. The Bertz CT molecular complexity index is 438. The lowest BCUT2D eigenvalue weighted by Gasteiger charge is -2.18. The van der Waals surface area contributed by atoms with E-state index < -0.39 is 0 Å². The molecule has 0 atom stereocenters. The van der Waals surface area contributed by atoms with Crippen molar-refractivity contribution in [3.05, 3.63) is 79.1 Å². The van der Waals surface area contributed by atoms with Gasteiger partial charge in [0.05, 0.1) is 0 Å². The molecule has 0 radical (unpaired) electrons. The summed E-state index contributed by atoms with van der Waals surface area (Å²) in [5, 5.41) is 0. The van der Waals surface area contributed by atoms with E-state index in [1.54, 1.807) is 0 Å². The number of rotatable bonds is 1. The van der Waals surface area contributed by atoms with E-state index >= 15 is 0 Å². The van der Waals surface area contributed by atoms with Crippen molar-refractivity contribution < 1.29 is 0 Å². The number of hydrogen-bond acceptors (Lipinski definition) is 1. The summed E-state index contributed by atoms with van der Waals surface area (Å²) in [5.74, 6) is 0. The molecule has 1 aliphatic rings. The van der Waals surface area contributed by atoms with Gasteiger partial charge in [-0.25, -0.2) is 0 Å². The normalized spacial score (nSPS) is 21.8. The predicted molar refractivity (Wildman–Crippen MR) is 70.3 cm³/mol. The van der Waals surface area contributed by atoms with Gasteiger partial charge < -0.3 is 4.90 Å². The number of hydrogen-bond donors (Lipinski definition) is 0. The quantitative estimate of drug-likeness (QED) is 0.682. The van der Waals surface area contributed by atoms with E-state index in [2.05, 4.69) is 35.9 Å². The highest BCUT2D eigenvalue weighted by Crippen LogP contribution is 2.14. The van der Waals surface area contributed by atoms with E-state index in [4.69, 9.17) is 0 Å². The first kappa shape index (κ1) is 10.5. The maximum Gasteiger partial charge on any atom is 0.0409 e. The summed E-state index contributed by atoms with van der Waals surface area (Å²) in [6, 6.07) is 10.3. The van der Waals surface area contributed by atoms with Crippen LogP contribution in [0, 0.1) is 0 Å². The van der Waals surface area contributed by atoms with E-state index in [9.17, 15) is 0 Å². The van der Waals surface area contributed by atoms with Crippen molar-refractivity contribution >= 4 is 5.69 Å². The van der Waals surface area contributed by atoms with Gasteiger partial charge in [0, 0.05) is 18.4 Å². The van der Waals surface area contributed by atoms with Crippen LogP contribution in [0.15, 0.2) is 79.1 Å². The van der Waals surface area contributed by atoms with Gasteiger partial charge in [0.25, 0.3) is 0 Å². The lowest BCUT2D eigenvalue weighted by molar-refractivity contribution is 1.09. The van der Waals surface area contributed by atoms with Crippen LogP contribution in [-0.4, -0.2) is 6.54 Å². The van der Waals surface area contributed by atoms with Crippen LogP contribution in [-0.2, 0) is 0 Å². The summed E-state index contributed by atoms with van der Waals surface area (Å²) in [5.41, 5.74) is 2.20. The van der Waals surface area contributed by atoms with Gasteiger partial charge in [-0.1, -0.05) is 49.1 Å². The molecule has 0 bridgehead atoms. The van der Waals surface area contributed by atoms with Gasteiger partial charge in [-0.3, -0.25) is 0 Å². The first-order valence-electron chi connectivity index (χ1n) is 5.38. The number of benzene rings is 1. The second kappa shape index (κ2) is 5.17. The molecule has 2 rings (SSSR count). The Hall–Kier alpha value is -2.02. The van der Waals surface area contributed by atoms with Crippen molar-refractivity contribution in [2.24, 2.45) is 0 Å². The van der Waals surface area contributed by atoms with Gasteiger partial charge >= 0.3 is 0 Å². The van der Waals surface area contributed by atoms with Crippen LogP contribution < -0.4 is 4.90 Å². The van der Waals surface area contributed by atoms with Crippen molar-refractivity contribution in [1.29, 1.82) is 0 Å². The Morgan fingerprint density at radius 1 is 1.00 bits per heavy atom. The third-order valence-electron chi connectivity index (χ3n) is 2.42. The molecule has 0 N–H and O–H groups in total. The minimum absolute atomic E-state index is 0.873. The minimum Gasteiger partial charge on any atom is -0.344 e. The van der Waals surface area contributed by atoms with Crippen LogP contribution in [0.25, 0.3) is 0 Å². The summed E-state index contributed by atoms with van der Waals surface area (Å²) in [7, 11) is 0. The predicted octanol–water partition coefficient (Wildman–Crippen LogP) is 3.69. The van der Waals surface area contributed by atoms with E-state index in [1.807, 2.05) is 42.5 Å². The van der Waals surface area contributed by atoms with Crippen molar-refractivity contribution in [1.82, 2.24) is 0 Å². The first-order valence-corrected chi connectivity index (χ1v) is 5.38. The van der Waals surface area contributed by atoms with Gasteiger partial charge in [0.2, 0.25) is 0 Å². The third kappa shape index (κ3) is 2.74. The summed E-state index contributed by atoms with van der Waals surface area (Å²) >= 11 is 0. The topological polar surface area (TPSA) is 3.24 Å². The highest BCUT2D eigenvalue weighted by molar-refractivity contribution is 5.51. The first-order chi connectivity index (χ1) is 7.86. The average Bonchev–Trinajstić information content (AvgIpc) is 2.43. The van der Waals surface area contributed by atoms with E-state index in [0.29, 0.717) is 0 Å². The monoisotopic (exact) mass is 209 g/mol. The van der Waals surface area contributed by atoms with Crippen LogP contribution in [0.1, 0.15) is 0 Å². The van der Waals surface area contributed by atoms with Crippen LogP contribution >= 0.6 is 0 Å². The Labute approximate surface area is 96.7 Å². The molecule has 0 amide bonds. The van der Waals surface area contributed by atoms with Crippen LogP contribution in [0.5, 0.6) is 0 Å². The molecule has 80 valence electrons. The summed E-state index contributed by atoms with van der Waals surface area (Å²) in [6.07, 6.45) is 12.3. The van der Waals surface area contributed by atoms with E-state index in [-0.39, 0.29) is 0 Å². The molecule has 1 aliphatic heterocycles. The lowest BCUT2D eigenvalue weighted by Crippen LogP contribution is -2.15. The maximum atomic E-state index is 3.95. The number of para-hydroxylation sites is 1. The Balaban J connectivity index is 2.24. The molecular formula is C15H15N. The van der Waals surface area contributed by atoms with Crippen molar-refractivity contribution in [2.45, 2.75) is 0 Å². The standard InChI is InChI=1S/C15H15N/c1-14-8-4-3-7-12-16(13-11-14)15-9-5-2-6-10-15/h2-11,13H,1,12H2/b7-3-,8-4-,13-11-. The number of allylic oxidation sites excluding steroid dienone is 5. The second-order valence-electron chi connectivity index (χ2n) is 3.67. The highest BCUT2D eigenvalue weighted by Gasteiger charge is 1.99. The van der Waals surface area contributed by atoms with Crippen molar-refractivity contribution in [2.75, 3.05) is 11.4 Å². The largest absolute Gasteiger partial charge is 0.344 e. The smallest absolute Gasteiger partial charge is 0.0409 e. The molecule has 16 heavy (non-hydrogen) atoms. The fourth-order valence-electron chi connectivity index (χ4n) is 1.55. The zero-order valence-corrected chi connectivity index (χ0v) is 9.21. The molecule has 0 fully saturated rings. The van der Waals surface area contributed by atoms with Gasteiger partial charge in [-0.2, -0.15) is 0 Å². The SMILES string of the molecule is C=C1/C=C\C=C/CN(c2ccccc2)/C=C\1.